The van der Waals surface area contributed by atoms with E-state index in [0.29, 0.717) is 43.0 Å². The van der Waals surface area contributed by atoms with Crippen molar-refractivity contribution in [1.82, 2.24) is 15.1 Å². The smallest absolute Gasteiger partial charge is 0.252 e. The minimum Gasteiger partial charge on any atom is -0.454 e. The zero-order valence-corrected chi connectivity index (χ0v) is 18.5. The third-order valence-corrected chi connectivity index (χ3v) is 6.49. The summed E-state index contributed by atoms with van der Waals surface area (Å²) < 4.78 is 15.7. The summed E-state index contributed by atoms with van der Waals surface area (Å²) in [6.07, 6.45) is 4.40. The largest absolute Gasteiger partial charge is 0.454 e. The highest BCUT2D eigenvalue weighted by Gasteiger charge is 2.36. The third kappa shape index (κ3) is 4.98. The molecule has 1 aromatic carbocycles. The van der Waals surface area contributed by atoms with Crippen LogP contribution in [0.15, 0.2) is 18.2 Å². The Morgan fingerprint density at radius 3 is 2.47 bits per heavy atom. The number of nitrogens with one attached hydrogen (secondary N) is 1. The molecule has 174 valence electrons. The van der Waals surface area contributed by atoms with Gasteiger partial charge in [-0.2, -0.15) is 0 Å². The lowest BCUT2D eigenvalue weighted by molar-refractivity contribution is -0.138. The Morgan fingerprint density at radius 1 is 1.03 bits per heavy atom. The van der Waals surface area contributed by atoms with E-state index in [4.69, 9.17) is 14.2 Å². The average molecular weight is 446 g/mol. The maximum atomic E-state index is 13.4. The van der Waals surface area contributed by atoms with Crippen molar-refractivity contribution in [1.29, 1.82) is 0 Å². The number of amides is 3. The molecular weight excluding hydrogens is 414 g/mol. The molecule has 0 aliphatic carbocycles. The minimum absolute atomic E-state index is 0.0274. The van der Waals surface area contributed by atoms with Gasteiger partial charge in [-0.05, 0) is 56.2 Å². The van der Waals surface area contributed by atoms with E-state index in [1.807, 2.05) is 4.90 Å². The molecule has 0 aromatic heterocycles. The van der Waals surface area contributed by atoms with Gasteiger partial charge in [0.1, 0.15) is 12.6 Å². The van der Waals surface area contributed by atoms with E-state index in [1.165, 1.54) is 7.11 Å². The Hall–Kier alpha value is -2.81. The van der Waals surface area contributed by atoms with Crippen LogP contribution in [0, 0.1) is 5.92 Å². The molecule has 3 heterocycles. The fraction of sp³-hybridized carbons (Fsp3) is 0.609. The number of fused-ring (bicyclic) bond motifs is 1. The second-order valence-electron chi connectivity index (χ2n) is 8.56. The molecule has 3 aliphatic rings. The van der Waals surface area contributed by atoms with E-state index in [2.05, 4.69) is 5.32 Å². The maximum Gasteiger partial charge on any atom is 0.252 e. The van der Waals surface area contributed by atoms with E-state index in [0.717, 1.165) is 32.4 Å². The molecule has 0 radical (unpaired) electrons. The number of methoxy groups -OCH3 is 1. The van der Waals surface area contributed by atoms with Gasteiger partial charge in [-0.15, -0.1) is 0 Å². The van der Waals surface area contributed by atoms with Crippen molar-refractivity contribution in [3.05, 3.63) is 23.8 Å². The van der Waals surface area contributed by atoms with Gasteiger partial charge < -0.3 is 29.3 Å². The fourth-order valence-corrected chi connectivity index (χ4v) is 4.65. The number of hydrogen-bond acceptors (Lipinski definition) is 6. The molecule has 0 saturated carbocycles. The number of likely N-dealkylation sites (tertiary alicyclic amines) is 2. The van der Waals surface area contributed by atoms with Gasteiger partial charge in [-0.3, -0.25) is 14.4 Å². The second-order valence-corrected chi connectivity index (χ2v) is 8.56. The molecule has 1 aromatic rings. The number of rotatable bonds is 6. The maximum absolute atomic E-state index is 13.4. The van der Waals surface area contributed by atoms with Crippen LogP contribution >= 0.6 is 0 Å². The van der Waals surface area contributed by atoms with Crippen molar-refractivity contribution in [3.8, 4) is 11.5 Å². The summed E-state index contributed by atoms with van der Waals surface area (Å²) in [6, 6.07) is 4.41. The summed E-state index contributed by atoms with van der Waals surface area (Å²) in [6.45, 7) is 2.74. The molecule has 3 aliphatic heterocycles. The van der Waals surface area contributed by atoms with Crippen LogP contribution in [0.1, 0.15) is 42.5 Å². The van der Waals surface area contributed by atoms with E-state index in [9.17, 15) is 14.4 Å². The van der Waals surface area contributed by atoms with Crippen LogP contribution in [0.25, 0.3) is 0 Å². The van der Waals surface area contributed by atoms with Crippen molar-refractivity contribution in [3.63, 3.8) is 0 Å². The molecule has 9 heteroatoms. The summed E-state index contributed by atoms with van der Waals surface area (Å²) in [7, 11) is 1.50. The molecule has 1 atom stereocenters. The highest BCUT2D eigenvalue weighted by Crippen LogP contribution is 2.32. The zero-order chi connectivity index (χ0) is 22.5. The number of nitrogens with zero attached hydrogens (tertiary/aromatic N) is 2. The summed E-state index contributed by atoms with van der Waals surface area (Å²) >= 11 is 0. The Balaban J connectivity index is 1.47. The number of piperidine rings is 2. The highest BCUT2D eigenvalue weighted by atomic mass is 16.7. The number of ether oxygens (including phenoxy) is 3. The van der Waals surface area contributed by atoms with Crippen LogP contribution in [0.4, 0.5) is 0 Å². The van der Waals surface area contributed by atoms with Crippen LogP contribution < -0.4 is 14.8 Å². The minimum atomic E-state index is -0.620. The molecule has 4 rings (SSSR count). The standard InChI is InChI=1S/C23H31N3O6/c1-30-14-20(27)25-11-7-16(8-12-25)21(23(29)26-9-3-2-4-10-26)24-22(28)17-5-6-18-19(13-17)32-15-31-18/h5-6,13,16,21H,2-4,7-12,14-15H2,1H3,(H,24,28)/t21-/m0/s1. The average Bonchev–Trinajstić information content (AvgIpc) is 3.31. The molecule has 3 amide bonds. The summed E-state index contributed by atoms with van der Waals surface area (Å²) in [5, 5.41) is 3.01. The number of carbonyl (C=O) groups is 3. The fourth-order valence-electron chi connectivity index (χ4n) is 4.65. The molecule has 2 saturated heterocycles. The molecule has 1 N–H and O–H groups in total. The Kier molecular flexibility index (Phi) is 7.14. The predicted octanol–water partition coefficient (Wildman–Crippen LogP) is 1.41. The SMILES string of the molecule is COCC(=O)N1CCC([C@H](NC(=O)c2ccc3c(c2)OCO3)C(=O)N2CCCCC2)CC1. The first-order chi connectivity index (χ1) is 15.6. The van der Waals surface area contributed by atoms with Crippen LogP contribution in [-0.4, -0.2) is 80.3 Å². The molecule has 9 nitrogen and oxygen atoms in total. The molecule has 0 bridgehead atoms. The van der Waals surface area contributed by atoms with Gasteiger partial charge in [-0.1, -0.05) is 0 Å². The van der Waals surface area contributed by atoms with Crippen LogP contribution in [0.5, 0.6) is 11.5 Å². The van der Waals surface area contributed by atoms with Crippen LogP contribution in [0.3, 0.4) is 0 Å². The van der Waals surface area contributed by atoms with Crippen LogP contribution in [-0.2, 0) is 14.3 Å². The van der Waals surface area contributed by atoms with Crippen molar-refractivity contribution in [2.45, 2.75) is 38.1 Å². The highest BCUT2D eigenvalue weighted by molar-refractivity contribution is 5.98. The molecule has 32 heavy (non-hydrogen) atoms. The normalized spacial score (nSPS) is 19.5. The van der Waals surface area contributed by atoms with E-state index < -0.39 is 6.04 Å². The van der Waals surface area contributed by atoms with Gasteiger partial charge in [0, 0.05) is 38.9 Å². The van der Waals surface area contributed by atoms with E-state index in [-0.39, 0.29) is 37.0 Å². The third-order valence-electron chi connectivity index (χ3n) is 6.49. The Morgan fingerprint density at radius 2 is 1.75 bits per heavy atom. The second kappa shape index (κ2) is 10.2. The van der Waals surface area contributed by atoms with Crippen molar-refractivity contribution in [2.75, 3.05) is 46.7 Å². The lowest BCUT2D eigenvalue weighted by Crippen LogP contribution is -2.55. The first-order valence-electron chi connectivity index (χ1n) is 11.3. The predicted molar refractivity (Wildman–Crippen MR) is 115 cm³/mol. The quantitative estimate of drug-likeness (QED) is 0.711. The summed E-state index contributed by atoms with van der Waals surface area (Å²) in [5.74, 6) is 0.720. The Labute approximate surface area is 188 Å². The first kappa shape index (κ1) is 22.4. The van der Waals surface area contributed by atoms with Gasteiger partial charge in [0.2, 0.25) is 18.6 Å². The van der Waals surface area contributed by atoms with Gasteiger partial charge in [-0.25, -0.2) is 0 Å². The summed E-state index contributed by atoms with van der Waals surface area (Å²) in [4.78, 5) is 42.3. The van der Waals surface area contributed by atoms with Crippen molar-refractivity contribution < 1.29 is 28.6 Å². The van der Waals surface area contributed by atoms with Crippen LogP contribution in [0.2, 0.25) is 0 Å². The van der Waals surface area contributed by atoms with Crippen molar-refractivity contribution in [2.24, 2.45) is 5.92 Å². The van der Waals surface area contributed by atoms with Gasteiger partial charge in [0.25, 0.3) is 5.91 Å². The first-order valence-corrected chi connectivity index (χ1v) is 11.3. The van der Waals surface area contributed by atoms with Gasteiger partial charge in [0.15, 0.2) is 11.5 Å². The van der Waals surface area contributed by atoms with E-state index >= 15 is 0 Å². The number of carbonyl (C=O) groups excluding carboxylic acids is 3. The van der Waals surface area contributed by atoms with Gasteiger partial charge >= 0.3 is 0 Å². The number of benzene rings is 1. The number of hydrogen-bond donors (Lipinski definition) is 1. The summed E-state index contributed by atoms with van der Waals surface area (Å²) in [5.41, 5.74) is 0.429. The molecule has 2 fully saturated rings. The lowest BCUT2D eigenvalue weighted by Gasteiger charge is -2.38. The zero-order valence-electron chi connectivity index (χ0n) is 18.5. The van der Waals surface area contributed by atoms with E-state index in [1.54, 1.807) is 23.1 Å². The topological polar surface area (TPSA) is 97.4 Å². The Bertz CT molecular complexity index is 846. The van der Waals surface area contributed by atoms with Crippen molar-refractivity contribution >= 4 is 17.7 Å². The monoisotopic (exact) mass is 445 g/mol. The molecule has 0 spiro atoms. The van der Waals surface area contributed by atoms with Gasteiger partial charge in [0.05, 0.1) is 0 Å². The molecule has 0 unspecified atom stereocenters. The lowest BCUT2D eigenvalue weighted by atomic mass is 9.87. The molecular formula is C23H31N3O6.